The highest BCUT2D eigenvalue weighted by molar-refractivity contribution is 8.00. The van der Waals surface area contributed by atoms with E-state index in [0.717, 1.165) is 10.9 Å². The molecule has 0 saturated heterocycles. The maximum atomic E-state index is 10.8. The first-order chi connectivity index (χ1) is 9.51. The number of aromatic nitrogens is 1. The van der Waals surface area contributed by atoms with Crippen LogP contribution in [-0.4, -0.2) is 16.6 Å². The summed E-state index contributed by atoms with van der Waals surface area (Å²) in [6.07, 6.45) is 0. The number of hydrogen-bond donors (Lipinski definition) is 1. The molecule has 0 aliphatic heterocycles. The van der Waals surface area contributed by atoms with Crippen LogP contribution in [0.1, 0.15) is 30.9 Å². The van der Waals surface area contributed by atoms with Gasteiger partial charge in [-0.05, 0) is 29.7 Å². The van der Waals surface area contributed by atoms with Crippen LogP contribution in [0.4, 0.5) is 0 Å². The molecule has 20 heavy (non-hydrogen) atoms. The molecule has 0 unspecified atom stereocenters. The molecule has 2 rings (SSSR count). The maximum absolute atomic E-state index is 10.8. The third kappa shape index (κ3) is 3.09. The minimum Gasteiger partial charge on any atom is -0.369 e. The van der Waals surface area contributed by atoms with Gasteiger partial charge in [0.2, 0.25) is 5.91 Å². The molecule has 1 aromatic heterocycles. The van der Waals surface area contributed by atoms with E-state index in [4.69, 9.17) is 5.73 Å². The maximum Gasteiger partial charge on any atom is 0.227 e. The van der Waals surface area contributed by atoms with Crippen molar-refractivity contribution in [1.82, 2.24) is 4.98 Å². The molecule has 0 aliphatic rings. The van der Waals surface area contributed by atoms with Gasteiger partial charge in [-0.2, -0.15) is 5.26 Å². The van der Waals surface area contributed by atoms with E-state index >= 15 is 0 Å². The first kappa shape index (κ1) is 14.4. The molecule has 4 nitrogen and oxygen atoms in total. The fourth-order valence-corrected chi connectivity index (χ4v) is 2.57. The molecule has 0 fully saturated rings. The van der Waals surface area contributed by atoms with E-state index in [9.17, 15) is 10.1 Å². The van der Waals surface area contributed by atoms with Crippen molar-refractivity contribution in [2.75, 3.05) is 5.75 Å². The lowest BCUT2D eigenvalue weighted by Crippen LogP contribution is -2.13. The van der Waals surface area contributed by atoms with Gasteiger partial charge in [0.25, 0.3) is 0 Å². The molecular weight excluding hydrogens is 270 g/mol. The highest BCUT2D eigenvalue weighted by Crippen LogP contribution is 2.26. The Morgan fingerprint density at radius 3 is 2.80 bits per heavy atom. The number of fused-ring (bicyclic) bond motifs is 1. The van der Waals surface area contributed by atoms with Gasteiger partial charge in [-0.15, -0.1) is 0 Å². The van der Waals surface area contributed by atoms with Crippen molar-refractivity contribution in [3.8, 4) is 6.07 Å². The number of nitrogens with zero attached hydrogens (tertiary/aromatic N) is 2. The number of carbonyl (C=O) groups is 1. The van der Waals surface area contributed by atoms with E-state index in [1.54, 1.807) is 0 Å². The molecule has 1 heterocycles. The number of thioether (sulfide) groups is 1. The van der Waals surface area contributed by atoms with Gasteiger partial charge in [0, 0.05) is 5.39 Å². The Balaban J connectivity index is 2.48. The van der Waals surface area contributed by atoms with E-state index in [1.165, 1.54) is 17.3 Å². The summed E-state index contributed by atoms with van der Waals surface area (Å²) in [5, 5.41) is 10.7. The van der Waals surface area contributed by atoms with Crippen LogP contribution in [-0.2, 0) is 4.79 Å². The average molecular weight is 285 g/mol. The second-order valence-corrected chi connectivity index (χ2v) is 5.78. The van der Waals surface area contributed by atoms with Crippen LogP contribution in [0.5, 0.6) is 0 Å². The Bertz CT molecular complexity index is 704. The monoisotopic (exact) mass is 285 g/mol. The number of nitrogens with two attached hydrogens (primary N) is 1. The van der Waals surface area contributed by atoms with E-state index in [-0.39, 0.29) is 5.75 Å². The molecule has 1 amide bonds. The Morgan fingerprint density at radius 2 is 2.20 bits per heavy atom. The first-order valence-corrected chi connectivity index (χ1v) is 7.25. The second-order valence-electron chi connectivity index (χ2n) is 4.81. The van der Waals surface area contributed by atoms with Crippen molar-refractivity contribution in [2.24, 2.45) is 5.73 Å². The van der Waals surface area contributed by atoms with Crippen molar-refractivity contribution in [1.29, 1.82) is 5.26 Å². The Hall–Kier alpha value is -2.06. The van der Waals surface area contributed by atoms with Gasteiger partial charge < -0.3 is 5.73 Å². The minimum absolute atomic E-state index is 0.122. The third-order valence-corrected chi connectivity index (χ3v) is 3.96. The standard InChI is InChI=1S/C15H15N3OS/c1-9(2)10-3-4-13-11(5-10)6-12(7-16)15(18-13)20-8-14(17)19/h3-6,9H,8H2,1-2H3,(H2,17,19). The number of carbonyl (C=O) groups excluding carboxylic acids is 1. The van der Waals surface area contributed by atoms with Crippen LogP contribution in [0, 0.1) is 11.3 Å². The Labute approximate surface area is 122 Å². The van der Waals surface area contributed by atoms with Gasteiger partial charge in [0.1, 0.15) is 11.1 Å². The van der Waals surface area contributed by atoms with Crippen LogP contribution < -0.4 is 5.73 Å². The van der Waals surface area contributed by atoms with Gasteiger partial charge in [0.05, 0.1) is 16.8 Å². The van der Waals surface area contributed by atoms with Crippen LogP contribution in [0.25, 0.3) is 10.9 Å². The lowest BCUT2D eigenvalue weighted by atomic mass is 10.0. The molecule has 0 aliphatic carbocycles. The zero-order valence-corrected chi connectivity index (χ0v) is 12.2. The number of benzene rings is 1. The van der Waals surface area contributed by atoms with Crippen molar-refractivity contribution in [3.63, 3.8) is 0 Å². The lowest BCUT2D eigenvalue weighted by Gasteiger charge is -2.08. The summed E-state index contributed by atoms with van der Waals surface area (Å²) in [6, 6.07) is 9.97. The second kappa shape index (κ2) is 5.93. The molecule has 2 N–H and O–H groups in total. The Kier molecular flexibility index (Phi) is 4.26. The van der Waals surface area contributed by atoms with Crippen LogP contribution in [0.3, 0.4) is 0 Å². The lowest BCUT2D eigenvalue weighted by molar-refractivity contribution is -0.115. The van der Waals surface area contributed by atoms with Crippen molar-refractivity contribution in [2.45, 2.75) is 24.8 Å². The fourth-order valence-electron chi connectivity index (χ4n) is 1.87. The van der Waals surface area contributed by atoms with E-state index < -0.39 is 5.91 Å². The number of primary amides is 1. The summed E-state index contributed by atoms with van der Waals surface area (Å²) < 4.78 is 0. The predicted molar refractivity (Wildman–Crippen MR) is 80.5 cm³/mol. The number of hydrogen-bond acceptors (Lipinski definition) is 4. The summed E-state index contributed by atoms with van der Waals surface area (Å²) in [7, 11) is 0. The molecule has 1 aromatic carbocycles. The molecule has 0 spiro atoms. The summed E-state index contributed by atoms with van der Waals surface area (Å²) in [5.74, 6) is 0.127. The average Bonchev–Trinajstić information content (AvgIpc) is 2.43. The zero-order valence-electron chi connectivity index (χ0n) is 11.4. The smallest absolute Gasteiger partial charge is 0.227 e. The summed E-state index contributed by atoms with van der Waals surface area (Å²) in [4.78, 5) is 15.3. The number of amides is 1. The highest BCUT2D eigenvalue weighted by atomic mass is 32.2. The SMILES string of the molecule is CC(C)c1ccc2nc(SCC(N)=O)c(C#N)cc2c1. The van der Waals surface area contributed by atoms with Gasteiger partial charge >= 0.3 is 0 Å². The molecule has 0 bridgehead atoms. The van der Waals surface area contributed by atoms with Crippen LogP contribution >= 0.6 is 11.8 Å². The quantitative estimate of drug-likeness (QED) is 0.876. The fraction of sp³-hybridized carbons (Fsp3) is 0.267. The number of nitriles is 1. The molecular formula is C15H15N3OS. The largest absolute Gasteiger partial charge is 0.369 e. The van der Waals surface area contributed by atoms with Crippen molar-refractivity contribution in [3.05, 3.63) is 35.4 Å². The first-order valence-electron chi connectivity index (χ1n) is 6.27. The molecule has 0 atom stereocenters. The Morgan fingerprint density at radius 1 is 1.45 bits per heavy atom. The summed E-state index contributed by atoms with van der Waals surface area (Å²) in [6.45, 7) is 4.24. The van der Waals surface area contributed by atoms with Gasteiger partial charge in [-0.1, -0.05) is 31.7 Å². The number of pyridine rings is 1. The van der Waals surface area contributed by atoms with Crippen molar-refractivity contribution >= 4 is 28.6 Å². The summed E-state index contributed by atoms with van der Waals surface area (Å²) in [5.41, 5.74) is 7.63. The predicted octanol–water partition coefficient (Wildman–Crippen LogP) is 2.81. The number of rotatable bonds is 4. The van der Waals surface area contributed by atoms with Gasteiger partial charge in [-0.25, -0.2) is 4.98 Å². The molecule has 0 saturated carbocycles. The van der Waals surface area contributed by atoms with E-state index in [1.807, 2.05) is 18.2 Å². The highest BCUT2D eigenvalue weighted by Gasteiger charge is 2.10. The molecule has 0 radical (unpaired) electrons. The molecule has 5 heteroatoms. The normalized spacial score (nSPS) is 10.7. The van der Waals surface area contributed by atoms with E-state index in [0.29, 0.717) is 16.5 Å². The van der Waals surface area contributed by atoms with Crippen LogP contribution in [0.15, 0.2) is 29.3 Å². The van der Waals surface area contributed by atoms with Crippen LogP contribution in [0.2, 0.25) is 0 Å². The molecule has 2 aromatic rings. The molecule has 102 valence electrons. The van der Waals surface area contributed by atoms with E-state index in [2.05, 4.69) is 31.0 Å². The van der Waals surface area contributed by atoms with Gasteiger partial charge in [-0.3, -0.25) is 4.79 Å². The van der Waals surface area contributed by atoms with Gasteiger partial charge in [0.15, 0.2) is 0 Å². The zero-order chi connectivity index (χ0) is 14.7. The minimum atomic E-state index is -0.420. The summed E-state index contributed by atoms with van der Waals surface area (Å²) >= 11 is 1.20. The topological polar surface area (TPSA) is 79.8 Å². The van der Waals surface area contributed by atoms with Crippen molar-refractivity contribution < 1.29 is 4.79 Å². The third-order valence-electron chi connectivity index (χ3n) is 2.94.